The molecule has 0 aromatic heterocycles. The lowest BCUT2D eigenvalue weighted by molar-refractivity contribution is 0.624. The molecular formula is C15H15ClFNS. The maximum Gasteiger partial charge on any atom is 0.142 e. The molecule has 4 heteroatoms. The van der Waals surface area contributed by atoms with Gasteiger partial charge in [0.1, 0.15) is 5.82 Å². The summed E-state index contributed by atoms with van der Waals surface area (Å²) in [6.45, 7) is 2.00. The van der Waals surface area contributed by atoms with E-state index in [1.807, 2.05) is 37.4 Å². The molecule has 0 aliphatic heterocycles. The summed E-state index contributed by atoms with van der Waals surface area (Å²) in [6, 6.07) is 13.0. The first-order chi connectivity index (χ1) is 9.11. The first-order valence-corrected chi connectivity index (χ1v) is 7.56. The maximum absolute atomic E-state index is 13.5. The minimum absolute atomic E-state index is 0.0140. The molecule has 1 N–H and O–H groups in total. The zero-order valence-electron chi connectivity index (χ0n) is 10.8. The maximum atomic E-state index is 13.5. The van der Waals surface area contributed by atoms with Crippen LogP contribution in [0.2, 0.25) is 5.02 Å². The van der Waals surface area contributed by atoms with E-state index in [0.717, 1.165) is 11.3 Å². The van der Waals surface area contributed by atoms with Crippen LogP contribution in [0.5, 0.6) is 0 Å². The Balaban J connectivity index is 2.20. The van der Waals surface area contributed by atoms with Crippen LogP contribution < -0.4 is 5.32 Å². The Hall–Kier alpha value is -1.19. The lowest BCUT2D eigenvalue weighted by Gasteiger charge is -2.18. The average Bonchev–Trinajstić information content (AvgIpc) is 2.42. The molecule has 0 aliphatic carbocycles. The predicted molar refractivity (Wildman–Crippen MR) is 81.7 cm³/mol. The van der Waals surface area contributed by atoms with E-state index in [0.29, 0.717) is 0 Å². The molecule has 2 rings (SSSR count). The Morgan fingerprint density at radius 2 is 1.95 bits per heavy atom. The summed E-state index contributed by atoms with van der Waals surface area (Å²) in [5.74, 6) is -0.383. The van der Waals surface area contributed by atoms with Crippen molar-refractivity contribution in [3.05, 3.63) is 58.9 Å². The van der Waals surface area contributed by atoms with Crippen LogP contribution in [-0.2, 0) is 0 Å². The van der Waals surface area contributed by atoms with Gasteiger partial charge in [-0.05, 0) is 43.0 Å². The van der Waals surface area contributed by atoms with Crippen molar-refractivity contribution in [1.82, 2.24) is 0 Å². The minimum atomic E-state index is -0.383. The average molecular weight is 296 g/mol. The van der Waals surface area contributed by atoms with Crippen molar-refractivity contribution in [3.8, 4) is 0 Å². The van der Waals surface area contributed by atoms with Crippen LogP contribution in [0, 0.1) is 5.82 Å². The Morgan fingerprint density at radius 3 is 2.63 bits per heavy atom. The highest BCUT2D eigenvalue weighted by atomic mass is 35.5. The van der Waals surface area contributed by atoms with E-state index in [4.69, 9.17) is 11.6 Å². The van der Waals surface area contributed by atoms with Gasteiger partial charge in [0.05, 0.1) is 5.02 Å². The van der Waals surface area contributed by atoms with Crippen LogP contribution in [0.4, 0.5) is 10.1 Å². The number of hydrogen-bond acceptors (Lipinski definition) is 2. The molecule has 1 atom stereocenters. The second kappa shape index (κ2) is 6.31. The number of hydrogen-bond donors (Lipinski definition) is 1. The van der Waals surface area contributed by atoms with Crippen molar-refractivity contribution >= 4 is 29.1 Å². The number of rotatable bonds is 4. The van der Waals surface area contributed by atoms with Crippen LogP contribution in [-0.4, -0.2) is 6.26 Å². The van der Waals surface area contributed by atoms with Gasteiger partial charge in [-0.1, -0.05) is 29.8 Å². The number of thioether (sulfide) groups is 1. The van der Waals surface area contributed by atoms with Crippen molar-refractivity contribution in [2.45, 2.75) is 17.9 Å². The van der Waals surface area contributed by atoms with E-state index in [2.05, 4.69) is 11.4 Å². The van der Waals surface area contributed by atoms with E-state index >= 15 is 0 Å². The van der Waals surface area contributed by atoms with E-state index in [9.17, 15) is 4.39 Å². The highest BCUT2D eigenvalue weighted by Gasteiger charge is 2.10. The van der Waals surface area contributed by atoms with Gasteiger partial charge >= 0.3 is 0 Å². The molecule has 0 bridgehead atoms. The number of benzene rings is 2. The van der Waals surface area contributed by atoms with Crippen molar-refractivity contribution in [3.63, 3.8) is 0 Å². The topological polar surface area (TPSA) is 12.0 Å². The van der Waals surface area contributed by atoms with Gasteiger partial charge in [-0.2, -0.15) is 0 Å². The van der Waals surface area contributed by atoms with Gasteiger partial charge in [0.15, 0.2) is 0 Å². The molecule has 100 valence electrons. The zero-order chi connectivity index (χ0) is 13.8. The summed E-state index contributed by atoms with van der Waals surface area (Å²) >= 11 is 7.37. The lowest BCUT2D eigenvalue weighted by Crippen LogP contribution is -2.07. The normalized spacial score (nSPS) is 12.2. The van der Waals surface area contributed by atoms with Crippen molar-refractivity contribution in [1.29, 1.82) is 0 Å². The first kappa shape index (κ1) is 14.2. The predicted octanol–water partition coefficient (Wildman–Crippen LogP) is 5.37. The first-order valence-electron chi connectivity index (χ1n) is 5.96. The summed E-state index contributed by atoms with van der Waals surface area (Å²) in [4.78, 5) is 1.17. The molecule has 2 aromatic carbocycles. The Kier molecular flexibility index (Phi) is 4.72. The summed E-state index contributed by atoms with van der Waals surface area (Å²) in [5, 5.41) is 3.55. The highest BCUT2D eigenvalue weighted by Crippen LogP contribution is 2.29. The molecular weight excluding hydrogens is 281 g/mol. The Labute approximate surface area is 122 Å². The van der Waals surface area contributed by atoms with Crippen molar-refractivity contribution in [2.75, 3.05) is 11.6 Å². The van der Waals surface area contributed by atoms with Gasteiger partial charge in [-0.15, -0.1) is 11.8 Å². The number of nitrogens with one attached hydrogen (secondary N) is 1. The summed E-state index contributed by atoms with van der Waals surface area (Å²) in [6.07, 6.45) is 2.03. The fraction of sp³-hybridized carbons (Fsp3) is 0.200. The molecule has 0 amide bonds. The molecule has 0 aliphatic rings. The number of anilines is 1. The molecule has 0 saturated carbocycles. The Morgan fingerprint density at radius 1 is 1.21 bits per heavy atom. The van der Waals surface area contributed by atoms with E-state index in [1.165, 1.54) is 11.0 Å². The lowest BCUT2D eigenvalue weighted by atomic mass is 10.1. The third-order valence-electron chi connectivity index (χ3n) is 2.92. The van der Waals surface area contributed by atoms with Crippen LogP contribution in [0.15, 0.2) is 47.4 Å². The molecule has 0 heterocycles. The van der Waals surface area contributed by atoms with Crippen molar-refractivity contribution < 1.29 is 4.39 Å². The quantitative estimate of drug-likeness (QED) is 0.761. The van der Waals surface area contributed by atoms with Crippen LogP contribution in [0.25, 0.3) is 0 Å². The van der Waals surface area contributed by atoms with Crippen LogP contribution >= 0.6 is 23.4 Å². The molecule has 1 nitrogen and oxygen atoms in total. The summed E-state index contributed by atoms with van der Waals surface area (Å²) in [5.41, 5.74) is 1.93. The zero-order valence-corrected chi connectivity index (χ0v) is 12.4. The van der Waals surface area contributed by atoms with Crippen LogP contribution in [0.3, 0.4) is 0 Å². The SMILES string of the molecule is CSc1ccccc1NC(C)c1ccc(Cl)c(F)c1. The molecule has 2 aromatic rings. The van der Waals surface area contributed by atoms with Gasteiger partial charge in [0.25, 0.3) is 0 Å². The molecule has 0 radical (unpaired) electrons. The standard InChI is InChI=1S/C15H15ClFNS/c1-10(11-7-8-12(16)13(17)9-11)18-14-5-3-4-6-15(14)19-2/h3-10,18H,1-2H3. The monoisotopic (exact) mass is 295 g/mol. The fourth-order valence-corrected chi connectivity index (χ4v) is 2.54. The third-order valence-corrected chi connectivity index (χ3v) is 4.02. The number of para-hydroxylation sites is 1. The Bertz CT molecular complexity index is 574. The minimum Gasteiger partial charge on any atom is -0.378 e. The molecule has 19 heavy (non-hydrogen) atoms. The van der Waals surface area contributed by atoms with Crippen LogP contribution in [0.1, 0.15) is 18.5 Å². The smallest absolute Gasteiger partial charge is 0.142 e. The number of halogens is 2. The van der Waals surface area contributed by atoms with Gasteiger partial charge < -0.3 is 5.32 Å². The van der Waals surface area contributed by atoms with Gasteiger partial charge in [-0.3, -0.25) is 0 Å². The molecule has 1 unspecified atom stereocenters. The van der Waals surface area contributed by atoms with Crippen molar-refractivity contribution in [2.24, 2.45) is 0 Å². The van der Waals surface area contributed by atoms with Gasteiger partial charge in [-0.25, -0.2) is 4.39 Å². The summed E-state index contributed by atoms with van der Waals surface area (Å²) in [7, 11) is 0. The third kappa shape index (κ3) is 3.43. The molecule has 0 saturated heterocycles. The van der Waals surface area contributed by atoms with Gasteiger partial charge in [0, 0.05) is 16.6 Å². The van der Waals surface area contributed by atoms with Gasteiger partial charge in [0.2, 0.25) is 0 Å². The fourth-order valence-electron chi connectivity index (χ4n) is 1.86. The highest BCUT2D eigenvalue weighted by molar-refractivity contribution is 7.98. The van der Waals surface area contributed by atoms with E-state index in [-0.39, 0.29) is 16.9 Å². The second-order valence-electron chi connectivity index (χ2n) is 4.24. The molecule has 0 fully saturated rings. The molecule has 0 spiro atoms. The van der Waals surface area contributed by atoms with E-state index < -0.39 is 0 Å². The second-order valence-corrected chi connectivity index (χ2v) is 5.50. The summed E-state index contributed by atoms with van der Waals surface area (Å²) < 4.78 is 13.5. The van der Waals surface area contributed by atoms with E-state index in [1.54, 1.807) is 17.8 Å². The largest absolute Gasteiger partial charge is 0.378 e.